The van der Waals surface area contributed by atoms with Crippen molar-refractivity contribution in [3.8, 4) is 11.1 Å². The third-order valence-electron chi connectivity index (χ3n) is 4.06. The Hall–Kier alpha value is -2.94. The number of hydrogen-bond donors (Lipinski definition) is 1. The van der Waals surface area contributed by atoms with Crippen LogP contribution < -0.4 is 5.32 Å². The smallest absolute Gasteiger partial charge is 0.224 e. The van der Waals surface area contributed by atoms with Gasteiger partial charge in [0.25, 0.3) is 0 Å². The highest BCUT2D eigenvalue weighted by atomic mass is 19.1. The number of amides is 1. The molecule has 25 heavy (non-hydrogen) atoms. The molecule has 0 bridgehead atoms. The lowest BCUT2D eigenvalue weighted by molar-refractivity contribution is -0.120. The quantitative estimate of drug-likeness (QED) is 0.723. The highest BCUT2D eigenvalue weighted by Crippen LogP contribution is 2.23. The summed E-state index contributed by atoms with van der Waals surface area (Å²) in [5, 5.41) is 2.88. The van der Waals surface area contributed by atoms with E-state index >= 15 is 0 Å². The van der Waals surface area contributed by atoms with Crippen molar-refractivity contribution in [2.75, 3.05) is 0 Å². The molecule has 126 valence electrons. The topological polar surface area (TPSA) is 29.1 Å². The molecular weight excluding hydrogens is 313 g/mol. The van der Waals surface area contributed by atoms with Crippen molar-refractivity contribution < 1.29 is 9.18 Å². The normalized spacial score (nSPS) is 10.5. The fourth-order valence-electron chi connectivity index (χ4n) is 2.79. The van der Waals surface area contributed by atoms with Crippen molar-refractivity contribution in [1.82, 2.24) is 5.32 Å². The fourth-order valence-corrected chi connectivity index (χ4v) is 2.79. The van der Waals surface area contributed by atoms with Crippen LogP contribution in [0, 0.1) is 12.7 Å². The van der Waals surface area contributed by atoms with Gasteiger partial charge in [-0.25, -0.2) is 4.39 Å². The van der Waals surface area contributed by atoms with E-state index in [1.54, 1.807) is 12.1 Å². The Morgan fingerprint density at radius 1 is 0.920 bits per heavy atom. The molecule has 0 spiro atoms. The molecule has 0 aliphatic heterocycles. The lowest BCUT2D eigenvalue weighted by Crippen LogP contribution is -2.24. The van der Waals surface area contributed by atoms with Gasteiger partial charge in [0.2, 0.25) is 5.91 Å². The van der Waals surface area contributed by atoms with Crippen molar-refractivity contribution in [2.45, 2.75) is 19.9 Å². The minimum Gasteiger partial charge on any atom is -0.352 e. The van der Waals surface area contributed by atoms with E-state index < -0.39 is 0 Å². The molecule has 2 nitrogen and oxygen atoms in total. The molecule has 3 rings (SSSR count). The van der Waals surface area contributed by atoms with E-state index in [0.29, 0.717) is 17.7 Å². The van der Waals surface area contributed by atoms with E-state index in [9.17, 15) is 9.18 Å². The predicted octanol–water partition coefficient (Wildman–Crippen LogP) is 4.66. The summed E-state index contributed by atoms with van der Waals surface area (Å²) in [7, 11) is 0. The molecule has 0 atom stereocenters. The lowest BCUT2D eigenvalue weighted by atomic mass is 10.0. The van der Waals surface area contributed by atoms with Gasteiger partial charge in [-0.3, -0.25) is 4.79 Å². The van der Waals surface area contributed by atoms with Crippen LogP contribution in [0.2, 0.25) is 0 Å². The number of benzene rings is 3. The second-order valence-electron chi connectivity index (χ2n) is 6.12. The van der Waals surface area contributed by atoms with E-state index in [-0.39, 0.29) is 18.1 Å². The van der Waals surface area contributed by atoms with Crippen molar-refractivity contribution in [3.05, 3.63) is 95.3 Å². The van der Waals surface area contributed by atoms with Crippen LogP contribution in [-0.2, 0) is 17.8 Å². The zero-order valence-corrected chi connectivity index (χ0v) is 14.1. The standard InChI is InChI=1S/C22H20FNO/c1-16-6-5-7-18(12-16)15-24-22(25)14-17-10-11-20(21(23)13-17)19-8-3-2-4-9-19/h2-13H,14-15H2,1H3,(H,24,25). The molecule has 3 aromatic rings. The first-order valence-corrected chi connectivity index (χ1v) is 8.28. The fraction of sp³-hybridized carbons (Fsp3) is 0.136. The maximum atomic E-state index is 14.3. The number of aryl methyl sites for hydroxylation is 1. The average Bonchev–Trinajstić information content (AvgIpc) is 2.61. The summed E-state index contributed by atoms with van der Waals surface area (Å²) in [4.78, 5) is 12.1. The SMILES string of the molecule is Cc1cccc(CNC(=O)Cc2ccc(-c3ccccc3)c(F)c2)c1. The molecule has 1 N–H and O–H groups in total. The summed E-state index contributed by atoms with van der Waals surface area (Å²) >= 11 is 0. The van der Waals surface area contributed by atoms with Gasteiger partial charge in [-0.1, -0.05) is 72.3 Å². The Labute approximate surface area is 147 Å². The van der Waals surface area contributed by atoms with Crippen molar-refractivity contribution >= 4 is 5.91 Å². The van der Waals surface area contributed by atoms with Crippen LogP contribution in [0.1, 0.15) is 16.7 Å². The highest BCUT2D eigenvalue weighted by molar-refractivity contribution is 5.79. The number of carbonyl (C=O) groups is 1. The number of hydrogen-bond acceptors (Lipinski definition) is 1. The Morgan fingerprint density at radius 3 is 2.44 bits per heavy atom. The highest BCUT2D eigenvalue weighted by Gasteiger charge is 2.09. The molecule has 0 radical (unpaired) electrons. The molecule has 0 aliphatic rings. The van der Waals surface area contributed by atoms with Gasteiger partial charge in [0.05, 0.1) is 6.42 Å². The molecule has 0 saturated heterocycles. The third-order valence-corrected chi connectivity index (χ3v) is 4.06. The Morgan fingerprint density at radius 2 is 1.72 bits per heavy atom. The second-order valence-corrected chi connectivity index (χ2v) is 6.12. The molecular formula is C22H20FNO. The first-order valence-electron chi connectivity index (χ1n) is 8.28. The summed E-state index contributed by atoms with van der Waals surface area (Å²) in [6.45, 7) is 2.49. The van der Waals surface area contributed by atoms with Crippen LogP contribution in [0.15, 0.2) is 72.8 Å². The molecule has 0 unspecified atom stereocenters. The second kappa shape index (κ2) is 7.75. The third kappa shape index (κ3) is 4.54. The summed E-state index contributed by atoms with van der Waals surface area (Å²) in [5.41, 5.74) is 4.25. The van der Waals surface area contributed by atoms with E-state index in [1.165, 1.54) is 6.07 Å². The molecule has 0 aromatic heterocycles. The Kier molecular flexibility index (Phi) is 5.24. The van der Waals surface area contributed by atoms with E-state index in [1.807, 2.05) is 61.5 Å². The first kappa shape index (κ1) is 16.9. The predicted molar refractivity (Wildman–Crippen MR) is 98.6 cm³/mol. The van der Waals surface area contributed by atoms with E-state index in [0.717, 1.165) is 16.7 Å². The van der Waals surface area contributed by atoms with Gasteiger partial charge < -0.3 is 5.32 Å². The van der Waals surface area contributed by atoms with Gasteiger partial charge in [-0.05, 0) is 29.7 Å². The van der Waals surface area contributed by atoms with Crippen LogP contribution >= 0.6 is 0 Å². The maximum absolute atomic E-state index is 14.3. The van der Waals surface area contributed by atoms with Crippen molar-refractivity contribution in [2.24, 2.45) is 0 Å². The number of halogens is 1. The molecule has 3 heteroatoms. The first-order chi connectivity index (χ1) is 12.1. The van der Waals surface area contributed by atoms with Crippen LogP contribution in [0.3, 0.4) is 0 Å². The largest absolute Gasteiger partial charge is 0.352 e. The molecule has 0 heterocycles. The maximum Gasteiger partial charge on any atom is 0.224 e. The van der Waals surface area contributed by atoms with E-state index in [2.05, 4.69) is 5.32 Å². The minimum atomic E-state index is -0.310. The number of nitrogens with one attached hydrogen (secondary N) is 1. The lowest BCUT2D eigenvalue weighted by Gasteiger charge is -2.08. The Bertz CT molecular complexity index is 874. The van der Waals surface area contributed by atoms with Crippen LogP contribution in [0.25, 0.3) is 11.1 Å². The summed E-state index contributed by atoms with van der Waals surface area (Å²) < 4.78 is 14.3. The molecule has 1 amide bonds. The van der Waals surface area contributed by atoms with Crippen LogP contribution in [-0.4, -0.2) is 5.91 Å². The van der Waals surface area contributed by atoms with Crippen LogP contribution in [0.5, 0.6) is 0 Å². The molecule has 0 aliphatic carbocycles. The van der Waals surface area contributed by atoms with Gasteiger partial charge in [-0.2, -0.15) is 0 Å². The average molecular weight is 333 g/mol. The van der Waals surface area contributed by atoms with Crippen LogP contribution in [0.4, 0.5) is 4.39 Å². The zero-order valence-electron chi connectivity index (χ0n) is 14.1. The van der Waals surface area contributed by atoms with Gasteiger partial charge in [0, 0.05) is 12.1 Å². The van der Waals surface area contributed by atoms with E-state index in [4.69, 9.17) is 0 Å². The van der Waals surface area contributed by atoms with Gasteiger partial charge in [-0.15, -0.1) is 0 Å². The zero-order chi connectivity index (χ0) is 17.6. The summed E-state index contributed by atoms with van der Waals surface area (Å²) in [5.74, 6) is -0.427. The monoisotopic (exact) mass is 333 g/mol. The van der Waals surface area contributed by atoms with Crippen molar-refractivity contribution in [3.63, 3.8) is 0 Å². The number of rotatable bonds is 5. The van der Waals surface area contributed by atoms with Gasteiger partial charge in [0.1, 0.15) is 5.82 Å². The summed E-state index contributed by atoms with van der Waals surface area (Å²) in [6.07, 6.45) is 0.164. The minimum absolute atomic E-state index is 0.117. The molecule has 3 aromatic carbocycles. The summed E-state index contributed by atoms with van der Waals surface area (Å²) in [6, 6.07) is 22.4. The van der Waals surface area contributed by atoms with Gasteiger partial charge in [0.15, 0.2) is 0 Å². The van der Waals surface area contributed by atoms with Crippen molar-refractivity contribution in [1.29, 1.82) is 0 Å². The molecule has 0 fully saturated rings. The Balaban J connectivity index is 1.63. The molecule has 0 saturated carbocycles. The number of carbonyl (C=O) groups excluding carboxylic acids is 1. The van der Waals surface area contributed by atoms with Gasteiger partial charge >= 0.3 is 0 Å².